The van der Waals surface area contributed by atoms with Crippen LogP contribution >= 0.6 is 11.6 Å². The Kier molecular flexibility index (Phi) is 4.55. The molecule has 0 fully saturated rings. The van der Waals surface area contributed by atoms with Gasteiger partial charge in [0.05, 0.1) is 4.90 Å². The van der Waals surface area contributed by atoms with Gasteiger partial charge in [0.25, 0.3) is 5.91 Å². The van der Waals surface area contributed by atoms with E-state index in [2.05, 4.69) is 5.32 Å². The zero-order valence-electron chi connectivity index (χ0n) is 12.1. The summed E-state index contributed by atoms with van der Waals surface area (Å²) >= 11 is 5.78. The fourth-order valence-corrected chi connectivity index (χ4v) is 3.00. The maximum absolute atomic E-state index is 12.3. The van der Waals surface area contributed by atoms with Crippen LogP contribution in [0.25, 0.3) is 0 Å². The van der Waals surface area contributed by atoms with Crippen molar-refractivity contribution in [1.82, 2.24) is 0 Å². The summed E-state index contributed by atoms with van der Waals surface area (Å²) < 4.78 is 23.2. The van der Waals surface area contributed by atoms with Gasteiger partial charge in [0, 0.05) is 16.3 Å². The van der Waals surface area contributed by atoms with Crippen LogP contribution in [0.15, 0.2) is 41.3 Å². The number of hydrogen-bond donors (Lipinski definition) is 2. The zero-order valence-corrected chi connectivity index (χ0v) is 13.6. The molecule has 7 heteroatoms. The number of carbonyl (C=O) groups excluding carboxylic acids is 1. The first-order valence-corrected chi connectivity index (χ1v) is 8.32. The lowest BCUT2D eigenvalue weighted by Crippen LogP contribution is -2.17. The van der Waals surface area contributed by atoms with Crippen LogP contribution < -0.4 is 10.5 Å². The molecule has 2 aromatic carbocycles. The Labute approximate surface area is 134 Å². The SMILES string of the molecule is Cc1cc(C(=O)Nc2ccc(Cl)cc2)cc(S(N)(=O)=O)c1C. The molecule has 0 saturated carbocycles. The van der Waals surface area contributed by atoms with Crippen molar-refractivity contribution in [2.24, 2.45) is 5.14 Å². The number of anilines is 1. The second kappa shape index (κ2) is 6.08. The number of carbonyl (C=O) groups is 1. The number of benzene rings is 2. The monoisotopic (exact) mass is 338 g/mol. The Hall–Kier alpha value is -1.89. The molecule has 2 aromatic rings. The number of aryl methyl sites for hydroxylation is 1. The molecule has 0 aliphatic heterocycles. The second-order valence-corrected chi connectivity index (χ2v) is 6.89. The summed E-state index contributed by atoms with van der Waals surface area (Å²) in [6.45, 7) is 3.37. The van der Waals surface area contributed by atoms with Crippen LogP contribution in [0, 0.1) is 13.8 Å². The minimum absolute atomic E-state index is 0.0474. The number of halogens is 1. The van der Waals surface area contributed by atoms with Gasteiger partial charge in [-0.15, -0.1) is 0 Å². The number of rotatable bonds is 3. The molecular formula is C15H15ClN2O3S. The lowest BCUT2D eigenvalue weighted by atomic mass is 10.1. The van der Waals surface area contributed by atoms with Crippen molar-refractivity contribution in [1.29, 1.82) is 0 Å². The number of amides is 1. The van der Waals surface area contributed by atoms with Gasteiger partial charge in [0.2, 0.25) is 10.0 Å². The average molecular weight is 339 g/mol. The average Bonchev–Trinajstić information content (AvgIpc) is 2.42. The van der Waals surface area contributed by atoms with Crippen LogP contribution in [-0.2, 0) is 10.0 Å². The largest absolute Gasteiger partial charge is 0.322 e. The molecule has 0 aromatic heterocycles. The van der Waals surface area contributed by atoms with Crippen LogP contribution in [0.5, 0.6) is 0 Å². The van der Waals surface area contributed by atoms with Gasteiger partial charge in [0.15, 0.2) is 0 Å². The van der Waals surface area contributed by atoms with Crippen molar-refractivity contribution in [2.75, 3.05) is 5.32 Å². The summed E-state index contributed by atoms with van der Waals surface area (Å²) in [4.78, 5) is 12.2. The maximum atomic E-state index is 12.3. The van der Waals surface area contributed by atoms with Gasteiger partial charge in [-0.2, -0.15) is 0 Å². The number of nitrogens with one attached hydrogen (secondary N) is 1. The first-order chi connectivity index (χ1) is 10.2. The van der Waals surface area contributed by atoms with Crippen LogP contribution in [-0.4, -0.2) is 14.3 Å². The van der Waals surface area contributed by atoms with Crippen molar-refractivity contribution < 1.29 is 13.2 Å². The van der Waals surface area contributed by atoms with E-state index in [-0.39, 0.29) is 10.5 Å². The molecule has 0 unspecified atom stereocenters. The van der Waals surface area contributed by atoms with E-state index in [1.54, 1.807) is 44.2 Å². The topological polar surface area (TPSA) is 89.3 Å². The molecule has 0 spiro atoms. The summed E-state index contributed by atoms with van der Waals surface area (Å²) in [6.07, 6.45) is 0. The molecule has 5 nitrogen and oxygen atoms in total. The molecule has 116 valence electrons. The van der Waals surface area contributed by atoms with E-state index in [0.29, 0.717) is 21.8 Å². The molecule has 0 aliphatic rings. The van der Waals surface area contributed by atoms with E-state index in [9.17, 15) is 13.2 Å². The molecule has 2 rings (SSSR count). The lowest BCUT2D eigenvalue weighted by Gasteiger charge is -2.11. The van der Waals surface area contributed by atoms with E-state index in [1.807, 2.05) is 0 Å². The summed E-state index contributed by atoms with van der Waals surface area (Å²) in [6, 6.07) is 9.50. The number of primary sulfonamides is 1. The Morgan fingerprint density at radius 1 is 1.14 bits per heavy atom. The molecule has 0 bridgehead atoms. The quantitative estimate of drug-likeness (QED) is 0.901. The van der Waals surface area contributed by atoms with Crippen molar-refractivity contribution >= 4 is 33.2 Å². The van der Waals surface area contributed by atoms with E-state index in [4.69, 9.17) is 16.7 Å². The third kappa shape index (κ3) is 3.65. The summed E-state index contributed by atoms with van der Waals surface area (Å²) in [7, 11) is -3.89. The molecule has 0 saturated heterocycles. The zero-order chi connectivity index (χ0) is 16.5. The molecule has 0 atom stereocenters. The van der Waals surface area contributed by atoms with Crippen molar-refractivity contribution in [3.8, 4) is 0 Å². The second-order valence-electron chi connectivity index (χ2n) is 4.92. The highest BCUT2D eigenvalue weighted by Gasteiger charge is 2.17. The summed E-state index contributed by atoms with van der Waals surface area (Å²) in [5, 5.41) is 8.42. The summed E-state index contributed by atoms with van der Waals surface area (Å²) in [5.74, 6) is -0.421. The van der Waals surface area contributed by atoms with Crippen molar-refractivity contribution in [3.05, 3.63) is 58.1 Å². The van der Waals surface area contributed by atoms with E-state index in [0.717, 1.165) is 0 Å². The van der Waals surface area contributed by atoms with Gasteiger partial charge in [0.1, 0.15) is 0 Å². The first-order valence-electron chi connectivity index (χ1n) is 6.39. The highest BCUT2D eigenvalue weighted by molar-refractivity contribution is 7.89. The Morgan fingerprint density at radius 2 is 1.73 bits per heavy atom. The van der Waals surface area contributed by atoms with Crippen molar-refractivity contribution in [3.63, 3.8) is 0 Å². The smallest absolute Gasteiger partial charge is 0.255 e. The van der Waals surface area contributed by atoms with E-state index < -0.39 is 15.9 Å². The Balaban J connectivity index is 2.38. The van der Waals surface area contributed by atoms with Crippen LogP contribution in [0.3, 0.4) is 0 Å². The molecule has 0 radical (unpaired) electrons. The van der Waals surface area contributed by atoms with Gasteiger partial charge >= 0.3 is 0 Å². The molecule has 3 N–H and O–H groups in total. The standard InChI is InChI=1S/C15H15ClN2O3S/c1-9-7-11(8-14(10(9)2)22(17,20)21)15(19)18-13-5-3-12(16)4-6-13/h3-8H,1-2H3,(H,18,19)(H2,17,20,21). The lowest BCUT2D eigenvalue weighted by molar-refractivity contribution is 0.102. The van der Waals surface area contributed by atoms with Gasteiger partial charge in [-0.25, -0.2) is 13.6 Å². The number of sulfonamides is 1. The minimum atomic E-state index is -3.89. The normalized spacial score (nSPS) is 11.3. The third-order valence-corrected chi connectivity index (χ3v) is 4.58. The number of nitrogens with two attached hydrogens (primary N) is 1. The maximum Gasteiger partial charge on any atom is 0.255 e. The molecule has 0 heterocycles. The van der Waals surface area contributed by atoms with Crippen LogP contribution in [0.2, 0.25) is 5.02 Å². The van der Waals surface area contributed by atoms with Gasteiger partial charge in [-0.05, 0) is 61.4 Å². The van der Waals surface area contributed by atoms with Gasteiger partial charge in [-0.1, -0.05) is 11.6 Å². The van der Waals surface area contributed by atoms with Crippen molar-refractivity contribution in [2.45, 2.75) is 18.7 Å². The highest BCUT2D eigenvalue weighted by Crippen LogP contribution is 2.21. The third-order valence-electron chi connectivity index (χ3n) is 3.29. The predicted octanol–water partition coefficient (Wildman–Crippen LogP) is 2.86. The molecule has 0 aliphatic carbocycles. The van der Waals surface area contributed by atoms with Crippen LogP contribution in [0.4, 0.5) is 5.69 Å². The molecule has 22 heavy (non-hydrogen) atoms. The Bertz CT molecular complexity index is 831. The summed E-state index contributed by atoms with van der Waals surface area (Å²) in [5.41, 5.74) is 1.99. The van der Waals surface area contributed by atoms with Gasteiger partial charge in [-0.3, -0.25) is 4.79 Å². The fraction of sp³-hybridized carbons (Fsp3) is 0.133. The molecular weight excluding hydrogens is 324 g/mol. The predicted molar refractivity (Wildman–Crippen MR) is 86.7 cm³/mol. The highest BCUT2D eigenvalue weighted by atomic mass is 35.5. The number of hydrogen-bond acceptors (Lipinski definition) is 3. The Morgan fingerprint density at radius 3 is 2.27 bits per heavy atom. The minimum Gasteiger partial charge on any atom is -0.322 e. The van der Waals surface area contributed by atoms with Crippen LogP contribution in [0.1, 0.15) is 21.5 Å². The fourth-order valence-electron chi connectivity index (χ4n) is 1.99. The van der Waals surface area contributed by atoms with E-state index >= 15 is 0 Å². The van der Waals surface area contributed by atoms with Gasteiger partial charge < -0.3 is 5.32 Å². The molecule has 1 amide bonds. The van der Waals surface area contributed by atoms with E-state index in [1.165, 1.54) is 6.07 Å². The first kappa shape index (κ1) is 16.5.